The number of nitrogens with zero attached hydrogens (tertiary/aromatic N) is 2. The van der Waals surface area contributed by atoms with Crippen LogP contribution >= 0.6 is 0 Å². The van der Waals surface area contributed by atoms with E-state index in [4.69, 9.17) is 0 Å². The molecule has 1 heterocycles. The van der Waals surface area contributed by atoms with E-state index in [1.807, 2.05) is 30.3 Å². The number of hydrogen-bond acceptors (Lipinski definition) is 3. The Morgan fingerprint density at radius 2 is 1.61 bits per heavy atom. The monoisotopic (exact) mass is 473 g/mol. The first-order valence-electron chi connectivity index (χ1n) is 10.4. The van der Waals surface area contributed by atoms with Gasteiger partial charge in [-0.25, -0.2) is 18.1 Å². The first-order chi connectivity index (χ1) is 15.6. The number of imidazole rings is 1. The summed E-state index contributed by atoms with van der Waals surface area (Å²) in [5, 5.41) is 0. The minimum atomic E-state index is -4.48. The summed E-state index contributed by atoms with van der Waals surface area (Å²) < 4.78 is 69.6. The van der Waals surface area contributed by atoms with E-state index in [9.17, 15) is 21.6 Å². The van der Waals surface area contributed by atoms with Crippen LogP contribution in [0.1, 0.15) is 31.3 Å². The quantitative estimate of drug-likeness (QED) is 0.386. The number of fused-ring (bicyclic) bond motifs is 1. The summed E-state index contributed by atoms with van der Waals surface area (Å²) in [4.78, 5) is 4.50. The maximum Gasteiger partial charge on any atom is 0.416 e. The molecule has 0 bridgehead atoms. The molecule has 0 unspecified atom stereocenters. The Bertz CT molecular complexity index is 1380. The van der Waals surface area contributed by atoms with Gasteiger partial charge in [-0.05, 0) is 55.3 Å². The molecule has 0 fully saturated rings. The lowest BCUT2D eigenvalue weighted by Gasteiger charge is -2.16. The number of benzene rings is 3. The normalized spacial score (nSPS) is 13.4. The van der Waals surface area contributed by atoms with Crippen LogP contribution in [0.2, 0.25) is 0 Å². The van der Waals surface area contributed by atoms with E-state index in [0.29, 0.717) is 23.4 Å². The highest BCUT2D eigenvalue weighted by atomic mass is 32.2. The molecular weight excluding hydrogens is 451 g/mol. The molecule has 1 aromatic heterocycles. The van der Waals surface area contributed by atoms with Gasteiger partial charge in [0.15, 0.2) is 0 Å². The van der Waals surface area contributed by atoms with Crippen molar-refractivity contribution in [2.45, 2.75) is 37.5 Å². The van der Waals surface area contributed by atoms with Crippen LogP contribution in [0.25, 0.3) is 22.2 Å². The van der Waals surface area contributed by atoms with Gasteiger partial charge in [0, 0.05) is 6.54 Å². The molecular formula is C24H22F3N3O2S. The van der Waals surface area contributed by atoms with Crippen LogP contribution in [0, 0.1) is 0 Å². The summed E-state index contributed by atoms with van der Waals surface area (Å²) in [6, 6.07) is 18.6. The standard InChI is InChI=1S/C24H22F3N3O2S/c1-3-30-22-15-19(24(25,26)27)11-14-21(22)28-23(30)16(2)29-33(31,32)20-12-9-18(10-13-20)17-7-5-4-6-8-17/h4-16,29H,3H2,1-2H3/t16-/m1/s1. The number of rotatable bonds is 6. The number of aryl methyl sites for hydroxylation is 1. The zero-order valence-corrected chi connectivity index (χ0v) is 18.8. The molecule has 0 saturated carbocycles. The molecule has 0 aliphatic carbocycles. The van der Waals surface area contributed by atoms with Crippen LogP contribution in [0.15, 0.2) is 77.7 Å². The van der Waals surface area contributed by atoms with Crippen LogP contribution < -0.4 is 4.72 Å². The first-order valence-corrected chi connectivity index (χ1v) is 11.8. The molecule has 3 aromatic carbocycles. The largest absolute Gasteiger partial charge is 0.416 e. The zero-order valence-electron chi connectivity index (χ0n) is 18.0. The maximum absolute atomic E-state index is 13.1. The average Bonchev–Trinajstić information content (AvgIpc) is 3.17. The molecule has 0 amide bonds. The topological polar surface area (TPSA) is 64.0 Å². The molecule has 4 rings (SSSR count). The van der Waals surface area contributed by atoms with E-state index in [2.05, 4.69) is 9.71 Å². The third-order valence-corrected chi connectivity index (χ3v) is 6.97. The van der Waals surface area contributed by atoms with Crippen molar-refractivity contribution in [1.82, 2.24) is 14.3 Å². The van der Waals surface area contributed by atoms with Gasteiger partial charge in [0.2, 0.25) is 10.0 Å². The lowest BCUT2D eigenvalue weighted by molar-refractivity contribution is -0.137. The van der Waals surface area contributed by atoms with E-state index in [1.165, 1.54) is 18.2 Å². The van der Waals surface area contributed by atoms with Gasteiger partial charge in [-0.15, -0.1) is 0 Å². The van der Waals surface area contributed by atoms with Crippen molar-refractivity contribution in [3.63, 3.8) is 0 Å². The number of hydrogen-bond donors (Lipinski definition) is 1. The molecule has 33 heavy (non-hydrogen) atoms. The van der Waals surface area contributed by atoms with Crippen molar-refractivity contribution in [2.24, 2.45) is 0 Å². The Kier molecular flexibility index (Phi) is 6.02. The predicted octanol–water partition coefficient (Wildman–Crippen LogP) is 5.78. The second-order valence-electron chi connectivity index (χ2n) is 7.65. The molecule has 0 spiro atoms. The highest BCUT2D eigenvalue weighted by Crippen LogP contribution is 2.32. The van der Waals surface area contributed by atoms with Crippen LogP contribution in [-0.2, 0) is 22.7 Å². The summed E-state index contributed by atoms with van der Waals surface area (Å²) >= 11 is 0. The van der Waals surface area contributed by atoms with Gasteiger partial charge in [0.1, 0.15) is 5.82 Å². The maximum atomic E-state index is 13.1. The smallest absolute Gasteiger partial charge is 0.327 e. The summed E-state index contributed by atoms with van der Waals surface area (Å²) in [5.41, 5.74) is 1.76. The van der Waals surface area contributed by atoms with Crippen LogP contribution in [-0.4, -0.2) is 18.0 Å². The second kappa shape index (κ2) is 8.64. The molecule has 0 aliphatic rings. The van der Waals surface area contributed by atoms with E-state index < -0.39 is 27.8 Å². The summed E-state index contributed by atoms with van der Waals surface area (Å²) in [6.45, 7) is 3.73. The van der Waals surface area contributed by atoms with Crippen molar-refractivity contribution in [2.75, 3.05) is 0 Å². The molecule has 0 saturated heterocycles. The Morgan fingerprint density at radius 3 is 2.21 bits per heavy atom. The SMILES string of the molecule is CCn1c([C@@H](C)NS(=O)(=O)c2ccc(-c3ccccc3)cc2)nc2ccc(C(F)(F)F)cc21. The minimum absolute atomic E-state index is 0.0903. The molecule has 0 aliphatic heterocycles. The summed E-state index contributed by atoms with van der Waals surface area (Å²) in [6.07, 6.45) is -4.48. The number of aromatic nitrogens is 2. The van der Waals surface area contributed by atoms with E-state index in [1.54, 1.807) is 30.5 Å². The molecule has 172 valence electrons. The Balaban J connectivity index is 1.62. The third kappa shape index (κ3) is 4.65. The lowest BCUT2D eigenvalue weighted by atomic mass is 10.1. The van der Waals surface area contributed by atoms with Crippen molar-refractivity contribution < 1.29 is 21.6 Å². The molecule has 9 heteroatoms. The highest BCUT2D eigenvalue weighted by Gasteiger charge is 2.31. The van der Waals surface area contributed by atoms with Gasteiger partial charge in [0.25, 0.3) is 0 Å². The first kappa shape index (κ1) is 23.0. The van der Waals surface area contributed by atoms with Crippen LogP contribution in [0.4, 0.5) is 13.2 Å². The van der Waals surface area contributed by atoms with Crippen LogP contribution in [0.3, 0.4) is 0 Å². The number of sulfonamides is 1. The van der Waals surface area contributed by atoms with Gasteiger partial charge < -0.3 is 4.57 Å². The van der Waals surface area contributed by atoms with E-state index in [0.717, 1.165) is 23.3 Å². The fraction of sp³-hybridized carbons (Fsp3) is 0.208. The Labute approximate surface area is 189 Å². The average molecular weight is 474 g/mol. The van der Waals surface area contributed by atoms with Gasteiger partial charge in [0.05, 0.1) is 27.5 Å². The molecule has 1 atom stereocenters. The van der Waals surface area contributed by atoms with E-state index in [-0.39, 0.29) is 4.90 Å². The Morgan fingerprint density at radius 1 is 0.970 bits per heavy atom. The molecule has 1 N–H and O–H groups in total. The highest BCUT2D eigenvalue weighted by molar-refractivity contribution is 7.89. The number of alkyl halides is 3. The van der Waals surface area contributed by atoms with Crippen LogP contribution in [0.5, 0.6) is 0 Å². The second-order valence-corrected chi connectivity index (χ2v) is 9.36. The van der Waals surface area contributed by atoms with Gasteiger partial charge in [-0.3, -0.25) is 0 Å². The molecule has 5 nitrogen and oxygen atoms in total. The van der Waals surface area contributed by atoms with Gasteiger partial charge in [-0.1, -0.05) is 42.5 Å². The predicted molar refractivity (Wildman–Crippen MR) is 121 cm³/mol. The van der Waals surface area contributed by atoms with Gasteiger partial charge >= 0.3 is 6.18 Å². The van der Waals surface area contributed by atoms with Crippen molar-refractivity contribution in [1.29, 1.82) is 0 Å². The summed E-state index contributed by atoms with van der Waals surface area (Å²) in [5.74, 6) is 0.344. The van der Waals surface area contributed by atoms with Gasteiger partial charge in [-0.2, -0.15) is 13.2 Å². The lowest BCUT2D eigenvalue weighted by Crippen LogP contribution is -2.28. The zero-order chi connectivity index (χ0) is 23.8. The Hall–Kier alpha value is -3.17. The van der Waals surface area contributed by atoms with Crippen molar-refractivity contribution in [3.05, 3.63) is 84.2 Å². The van der Waals surface area contributed by atoms with Crippen molar-refractivity contribution >= 4 is 21.1 Å². The van der Waals surface area contributed by atoms with E-state index >= 15 is 0 Å². The number of halogens is 3. The molecule has 0 radical (unpaired) electrons. The molecule has 4 aromatic rings. The fourth-order valence-electron chi connectivity index (χ4n) is 3.79. The summed E-state index contributed by atoms with van der Waals surface area (Å²) in [7, 11) is -3.88. The third-order valence-electron chi connectivity index (χ3n) is 5.41. The fourth-order valence-corrected chi connectivity index (χ4v) is 4.99. The van der Waals surface area contributed by atoms with Crippen molar-refractivity contribution in [3.8, 4) is 11.1 Å². The number of nitrogens with one attached hydrogen (secondary N) is 1. The minimum Gasteiger partial charge on any atom is -0.327 e.